The molecule has 5 heteroatoms. The van der Waals surface area contributed by atoms with Gasteiger partial charge in [0.25, 0.3) is 5.56 Å². The summed E-state index contributed by atoms with van der Waals surface area (Å²) in [5.41, 5.74) is 1.45. The van der Waals surface area contributed by atoms with Crippen LogP contribution < -0.4 is 10.3 Å². The first-order chi connectivity index (χ1) is 11.7. The Labute approximate surface area is 140 Å². The van der Waals surface area contributed by atoms with Crippen LogP contribution in [0.1, 0.15) is 24.7 Å². The molecule has 0 aliphatic carbocycles. The minimum atomic E-state index is -0.145. The zero-order valence-corrected chi connectivity index (χ0v) is 13.8. The second kappa shape index (κ2) is 7.08. The summed E-state index contributed by atoms with van der Waals surface area (Å²) in [4.78, 5) is 17.3. The van der Waals surface area contributed by atoms with Crippen LogP contribution in [0, 0.1) is 0 Å². The molecule has 0 fully saturated rings. The Morgan fingerprint density at radius 3 is 2.62 bits per heavy atom. The molecule has 0 spiro atoms. The fraction of sp³-hybridized carbons (Fsp3) is 0.211. The number of aryl methyl sites for hydroxylation is 1. The summed E-state index contributed by atoms with van der Waals surface area (Å²) in [6.45, 7) is 2.05. The third-order valence-electron chi connectivity index (χ3n) is 3.73. The molecule has 0 amide bonds. The summed E-state index contributed by atoms with van der Waals surface area (Å²) in [5.74, 6) is 1.45. The van der Waals surface area contributed by atoms with Crippen molar-refractivity contribution in [3.8, 4) is 5.75 Å². The number of hydrogen-bond acceptors (Lipinski definition) is 4. The largest absolute Gasteiger partial charge is 0.497 e. The average molecular weight is 321 g/mol. The third-order valence-corrected chi connectivity index (χ3v) is 3.73. The molecular formula is C19H19N3O2. The zero-order chi connectivity index (χ0) is 16.9. The molecule has 122 valence electrons. The van der Waals surface area contributed by atoms with Gasteiger partial charge in [-0.2, -0.15) is 9.78 Å². The van der Waals surface area contributed by atoms with E-state index in [1.807, 2.05) is 42.5 Å². The molecule has 0 atom stereocenters. The van der Waals surface area contributed by atoms with Crippen molar-refractivity contribution in [1.82, 2.24) is 9.66 Å². The van der Waals surface area contributed by atoms with Crippen LogP contribution in [-0.4, -0.2) is 23.0 Å². The van der Waals surface area contributed by atoms with Crippen LogP contribution in [0.15, 0.2) is 58.4 Å². The summed E-state index contributed by atoms with van der Waals surface area (Å²) in [7, 11) is 1.63. The molecule has 0 N–H and O–H groups in total. The van der Waals surface area contributed by atoms with Gasteiger partial charge in [0.1, 0.15) is 11.6 Å². The van der Waals surface area contributed by atoms with Crippen molar-refractivity contribution < 1.29 is 4.74 Å². The maximum Gasteiger partial charge on any atom is 0.282 e. The monoisotopic (exact) mass is 321 g/mol. The number of hydrogen-bond donors (Lipinski definition) is 0. The van der Waals surface area contributed by atoms with Crippen molar-refractivity contribution in [2.24, 2.45) is 5.10 Å². The van der Waals surface area contributed by atoms with E-state index in [-0.39, 0.29) is 5.56 Å². The number of nitrogens with zero attached hydrogens (tertiary/aromatic N) is 3. The van der Waals surface area contributed by atoms with Crippen LogP contribution in [-0.2, 0) is 6.42 Å². The summed E-state index contributed by atoms with van der Waals surface area (Å²) in [6.07, 6.45) is 3.25. The van der Waals surface area contributed by atoms with Gasteiger partial charge >= 0.3 is 0 Å². The molecule has 2 aromatic carbocycles. The van der Waals surface area contributed by atoms with E-state index < -0.39 is 0 Å². The maximum atomic E-state index is 12.7. The van der Waals surface area contributed by atoms with E-state index in [2.05, 4.69) is 17.0 Å². The van der Waals surface area contributed by atoms with Crippen LogP contribution >= 0.6 is 0 Å². The lowest BCUT2D eigenvalue weighted by Crippen LogP contribution is -2.22. The summed E-state index contributed by atoms with van der Waals surface area (Å²) in [5, 5.41) is 4.95. The van der Waals surface area contributed by atoms with Gasteiger partial charge in [0, 0.05) is 6.42 Å². The second-order valence-corrected chi connectivity index (χ2v) is 5.43. The van der Waals surface area contributed by atoms with Gasteiger partial charge in [0.2, 0.25) is 0 Å². The quantitative estimate of drug-likeness (QED) is 0.678. The highest BCUT2D eigenvalue weighted by molar-refractivity contribution is 5.80. The Kier molecular flexibility index (Phi) is 4.70. The van der Waals surface area contributed by atoms with Crippen molar-refractivity contribution in [1.29, 1.82) is 0 Å². The smallest absolute Gasteiger partial charge is 0.282 e. The number of benzene rings is 2. The Hall–Kier alpha value is -2.95. The first kappa shape index (κ1) is 15.9. The second-order valence-electron chi connectivity index (χ2n) is 5.43. The molecule has 3 aromatic rings. The fourth-order valence-electron chi connectivity index (χ4n) is 2.49. The van der Waals surface area contributed by atoms with Crippen LogP contribution in [0.4, 0.5) is 0 Å². The molecule has 1 heterocycles. The standard InChI is InChI=1S/C19H19N3O2/c1-3-6-18-21-17-8-5-4-7-16(17)19(23)22(18)20-13-14-9-11-15(24-2)12-10-14/h4-5,7-13H,3,6H2,1-2H3/b20-13-. The number of ether oxygens (including phenoxy) is 1. The Morgan fingerprint density at radius 1 is 1.17 bits per heavy atom. The molecule has 1 aromatic heterocycles. The summed E-state index contributed by atoms with van der Waals surface area (Å²) < 4.78 is 6.54. The molecule has 0 bridgehead atoms. The van der Waals surface area contributed by atoms with Gasteiger partial charge in [-0.3, -0.25) is 4.79 Å². The minimum absolute atomic E-state index is 0.145. The maximum absolute atomic E-state index is 12.7. The Balaban J connectivity index is 2.06. The molecule has 0 saturated carbocycles. The van der Waals surface area contributed by atoms with Crippen LogP contribution in [0.5, 0.6) is 5.75 Å². The highest BCUT2D eigenvalue weighted by Gasteiger charge is 2.09. The van der Waals surface area contributed by atoms with E-state index in [0.717, 1.165) is 17.7 Å². The van der Waals surface area contributed by atoms with Gasteiger partial charge < -0.3 is 4.74 Å². The Morgan fingerprint density at radius 2 is 1.92 bits per heavy atom. The highest BCUT2D eigenvalue weighted by atomic mass is 16.5. The lowest BCUT2D eigenvalue weighted by Gasteiger charge is -2.08. The zero-order valence-electron chi connectivity index (χ0n) is 13.8. The van der Waals surface area contributed by atoms with Gasteiger partial charge in [0.15, 0.2) is 0 Å². The van der Waals surface area contributed by atoms with E-state index >= 15 is 0 Å². The first-order valence-corrected chi connectivity index (χ1v) is 7.92. The number of para-hydroxylation sites is 1. The van der Waals surface area contributed by atoms with Crippen LogP contribution in [0.2, 0.25) is 0 Å². The third kappa shape index (κ3) is 3.20. The highest BCUT2D eigenvalue weighted by Crippen LogP contribution is 2.11. The number of rotatable bonds is 5. The SMILES string of the molecule is CCCc1nc2ccccc2c(=O)n1/N=C\c1ccc(OC)cc1. The predicted molar refractivity (Wildman–Crippen MR) is 96.0 cm³/mol. The molecule has 0 aliphatic rings. The fourth-order valence-corrected chi connectivity index (χ4v) is 2.49. The van der Waals surface area contributed by atoms with Crippen molar-refractivity contribution in [2.75, 3.05) is 7.11 Å². The molecule has 24 heavy (non-hydrogen) atoms. The molecule has 3 rings (SSSR count). The van der Waals surface area contributed by atoms with E-state index in [9.17, 15) is 4.79 Å². The topological polar surface area (TPSA) is 56.5 Å². The van der Waals surface area contributed by atoms with Gasteiger partial charge in [-0.15, -0.1) is 0 Å². The number of fused-ring (bicyclic) bond motifs is 1. The van der Waals surface area contributed by atoms with Gasteiger partial charge in [-0.05, 0) is 48.4 Å². The van der Waals surface area contributed by atoms with Crippen LogP contribution in [0.3, 0.4) is 0 Å². The molecule has 5 nitrogen and oxygen atoms in total. The molecule has 0 aliphatic heterocycles. The van der Waals surface area contributed by atoms with Crippen molar-refractivity contribution in [3.05, 3.63) is 70.3 Å². The first-order valence-electron chi connectivity index (χ1n) is 7.92. The predicted octanol–water partition coefficient (Wildman–Crippen LogP) is 3.24. The lowest BCUT2D eigenvalue weighted by atomic mass is 10.2. The summed E-state index contributed by atoms with van der Waals surface area (Å²) >= 11 is 0. The van der Waals surface area contributed by atoms with E-state index in [1.165, 1.54) is 4.68 Å². The lowest BCUT2D eigenvalue weighted by molar-refractivity contribution is 0.415. The van der Waals surface area contributed by atoms with E-state index in [1.54, 1.807) is 19.4 Å². The van der Waals surface area contributed by atoms with Crippen molar-refractivity contribution >= 4 is 17.1 Å². The van der Waals surface area contributed by atoms with Gasteiger partial charge in [-0.1, -0.05) is 19.1 Å². The summed E-state index contributed by atoms with van der Waals surface area (Å²) in [6, 6.07) is 14.8. The van der Waals surface area contributed by atoms with Gasteiger partial charge in [-0.25, -0.2) is 4.98 Å². The molecular weight excluding hydrogens is 302 g/mol. The van der Waals surface area contributed by atoms with Crippen molar-refractivity contribution in [2.45, 2.75) is 19.8 Å². The molecule has 0 saturated heterocycles. The number of aromatic nitrogens is 2. The van der Waals surface area contributed by atoms with E-state index in [4.69, 9.17) is 4.74 Å². The molecule has 0 radical (unpaired) electrons. The van der Waals surface area contributed by atoms with Crippen molar-refractivity contribution in [3.63, 3.8) is 0 Å². The van der Waals surface area contributed by atoms with Gasteiger partial charge in [0.05, 0.1) is 24.2 Å². The van der Waals surface area contributed by atoms with E-state index in [0.29, 0.717) is 23.1 Å². The Bertz CT molecular complexity index is 927. The number of methoxy groups -OCH3 is 1. The van der Waals surface area contributed by atoms with Crippen LogP contribution in [0.25, 0.3) is 10.9 Å². The minimum Gasteiger partial charge on any atom is -0.497 e. The average Bonchev–Trinajstić information content (AvgIpc) is 2.62. The molecule has 0 unspecified atom stereocenters. The normalized spacial score (nSPS) is 11.2.